The topological polar surface area (TPSA) is 108 Å². The van der Waals surface area contributed by atoms with Crippen molar-refractivity contribution in [1.29, 1.82) is 0 Å². The minimum absolute atomic E-state index is 0.0266. The number of rotatable bonds is 4. The molecule has 0 amide bonds. The first kappa shape index (κ1) is 19.5. The van der Waals surface area contributed by atoms with E-state index in [9.17, 15) is 31.7 Å². The average molecular weight is 412 g/mol. The number of aromatic nitrogens is 3. The van der Waals surface area contributed by atoms with Crippen LogP contribution in [0.4, 0.5) is 18.9 Å². The van der Waals surface area contributed by atoms with E-state index in [0.29, 0.717) is 6.20 Å². The Hall–Kier alpha value is -3.28. The zero-order chi connectivity index (χ0) is 20.7. The van der Waals surface area contributed by atoms with Gasteiger partial charge in [0.1, 0.15) is 5.56 Å². The van der Waals surface area contributed by atoms with Crippen molar-refractivity contribution in [2.24, 2.45) is 0 Å². The molecule has 0 spiro atoms. The van der Waals surface area contributed by atoms with Crippen LogP contribution in [0.1, 0.15) is 5.69 Å². The van der Waals surface area contributed by atoms with Crippen molar-refractivity contribution in [3.63, 3.8) is 0 Å². The molecule has 0 radical (unpaired) electrons. The second-order valence-corrected chi connectivity index (χ2v) is 7.75. The summed E-state index contributed by atoms with van der Waals surface area (Å²) < 4.78 is 63.7. The monoisotopic (exact) mass is 412 g/mol. The van der Waals surface area contributed by atoms with Crippen LogP contribution in [-0.2, 0) is 16.0 Å². The molecule has 3 rings (SSSR count). The predicted molar refractivity (Wildman–Crippen MR) is 91.6 cm³/mol. The standard InChI is InChI=1S/C16H11F3N4O4S/c1-28(26,27)11-4-2-10(3-5-11)22-9-14(16(17,18)19)21-15(22)12-8-20-7-6-13(12)23(24)25/h2-9H,1H3. The Balaban J connectivity index is 2.25. The van der Waals surface area contributed by atoms with Gasteiger partial charge in [0.05, 0.1) is 9.82 Å². The lowest BCUT2D eigenvalue weighted by atomic mass is 10.2. The number of halogens is 3. The molecule has 0 saturated heterocycles. The average Bonchev–Trinajstić information content (AvgIpc) is 3.06. The van der Waals surface area contributed by atoms with E-state index in [-0.39, 0.29) is 22.0 Å². The number of pyridine rings is 1. The SMILES string of the molecule is CS(=O)(=O)c1ccc(-n2cc(C(F)(F)F)nc2-c2cnccc2[N+](=O)[O-])cc1. The Labute approximate surface area is 156 Å². The van der Waals surface area contributed by atoms with Crippen molar-refractivity contribution in [2.75, 3.05) is 6.26 Å². The molecule has 0 aliphatic rings. The molecule has 28 heavy (non-hydrogen) atoms. The largest absolute Gasteiger partial charge is 0.434 e. The third-order valence-corrected chi connectivity index (χ3v) is 4.90. The van der Waals surface area contributed by atoms with E-state index in [1.165, 1.54) is 24.3 Å². The Bertz CT molecular complexity index is 1160. The van der Waals surface area contributed by atoms with Gasteiger partial charge in [0, 0.05) is 36.6 Å². The fourth-order valence-electron chi connectivity index (χ4n) is 2.48. The highest BCUT2D eigenvalue weighted by molar-refractivity contribution is 7.90. The molecule has 0 saturated carbocycles. The lowest BCUT2D eigenvalue weighted by Gasteiger charge is -2.08. The molecule has 8 nitrogen and oxygen atoms in total. The van der Waals surface area contributed by atoms with Gasteiger partial charge in [-0.15, -0.1) is 0 Å². The van der Waals surface area contributed by atoms with Gasteiger partial charge in [-0.25, -0.2) is 13.4 Å². The molecule has 1 aromatic carbocycles. The summed E-state index contributed by atoms with van der Waals surface area (Å²) in [6.45, 7) is 0. The van der Waals surface area contributed by atoms with Gasteiger partial charge in [0.2, 0.25) is 0 Å². The number of hydrogen-bond acceptors (Lipinski definition) is 6. The van der Waals surface area contributed by atoms with E-state index in [2.05, 4.69) is 9.97 Å². The Morgan fingerprint density at radius 1 is 1.14 bits per heavy atom. The number of nitrogens with zero attached hydrogens (tertiary/aromatic N) is 4. The van der Waals surface area contributed by atoms with E-state index in [1.807, 2.05) is 0 Å². The molecule has 0 atom stereocenters. The van der Waals surface area contributed by atoms with E-state index >= 15 is 0 Å². The summed E-state index contributed by atoms with van der Waals surface area (Å²) in [6, 6.07) is 6.06. The molecule has 146 valence electrons. The number of sulfone groups is 1. The zero-order valence-electron chi connectivity index (χ0n) is 14.1. The first-order valence-electron chi connectivity index (χ1n) is 7.54. The fourth-order valence-corrected chi connectivity index (χ4v) is 3.11. The molecule has 2 aromatic heterocycles. The molecule has 0 bridgehead atoms. The number of imidazole rings is 1. The Morgan fingerprint density at radius 2 is 1.79 bits per heavy atom. The first-order chi connectivity index (χ1) is 13.0. The quantitative estimate of drug-likeness (QED) is 0.481. The number of alkyl halides is 3. The highest BCUT2D eigenvalue weighted by atomic mass is 32.2. The van der Waals surface area contributed by atoms with E-state index in [4.69, 9.17) is 0 Å². The van der Waals surface area contributed by atoms with Gasteiger partial charge in [-0.3, -0.25) is 19.7 Å². The number of hydrogen-bond donors (Lipinski definition) is 0. The molecule has 2 heterocycles. The minimum atomic E-state index is -4.79. The van der Waals surface area contributed by atoms with Crippen LogP contribution in [0, 0.1) is 10.1 Å². The van der Waals surface area contributed by atoms with Crippen molar-refractivity contribution in [3.05, 3.63) is 64.7 Å². The van der Waals surface area contributed by atoms with Crippen LogP contribution in [0.5, 0.6) is 0 Å². The van der Waals surface area contributed by atoms with Crippen LogP contribution in [0.2, 0.25) is 0 Å². The van der Waals surface area contributed by atoms with Crippen LogP contribution in [0.15, 0.2) is 53.8 Å². The van der Waals surface area contributed by atoms with Crippen LogP contribution in [-0.4, -0.2) is 34.1 Å². The van der Waals surface area contributed by atoms with E-state index < -0.39 is 32.3 Å². The summed E-state index contributed by atoms with van der Waals surface area (Å²) in [7, 11) is -3.50. The molecule has 0 unspecified atom stereocenters. The van der Waals surface area contributed by atoms with Gasteiger partial charge in [-0.1, -0.05) is 0 Å². The van der Waals surface area contributed by atoms with Crippen molar-refractivity contribution in [1.82, 2.24) is 14.5 Å². The second-order valence-electron chi connectivity index (χ2n) is 5.73. The highest BCUT2D eigenvalue weighted by Crippen LogP contribution is 2.35. The molecular weight excluding hydrogens is 401 g/mol. The normalized spacial score (nSPS) is 12.1. The van der Waals surface area contributed by atoms with Gasteiger partial charge >= 0.3 is 6.18 Å². The Kier molecular flexibility index (Phi) is 4.67. The summed E-state index contributed by atoms with van der Waals surface area (Å²) >= 11 is 0. The van der Waals surface area contributed by atoms with Crippen LogP contribution in [0.3, 0.4) is 0 Å². The van der Waals surface area contributed by atoms with Gasteiger partial charge in [-0.2, -0.15) is 13.2 Å². The van der Waals surface area contributed by atoms with Crippen molar-refractivity contribution < 1.29 is 26.5 Å². The smallest absolute Gasteiger partial charge is 0.299 e. The second kappa shape index (κ2) is 6.71. The summed E-state index contributed by atoms with van der Waals surface area (Å²) in [5, 5.41) is 11.3. The van der Waals surface area contributed by atoms with Crippen molar-refractivity contribution in [2.45, 2.75) is 11.1 Å². The third kappa shape index (κ3) is 3.71. The third-order valence-electron chi connectivity index (χ3n) is 3.78. The van der Waals surface area contributed by atoms with E-state index in [0.717, 1.165) is 29.3 Å². The minimum Gasteiger partial charge on any atom is -0.299 e. The summed E-state index contributed by atoms with van der Waals surface area (Å²) in [6.07, 6.45) is -0.931. The van der Waals surface area contributed by atoms with Crippen LogP contribution in [0.25, 0.3) is 17.1 Å². The fraction of sp³-hybridized carbons (Fsp3) is 0.125. The van der Waals surface area contributed by atoms with Crippen molar-refractivity contribution >= 4 is 15.5 Å². The van der Waals surface area contributed by atoms with Crippen LogP contribution < -0.4 is 0 Å². The van der Waals surface area contributed by atoms with Crippen LogP contribution >= 0.6 is 0 Å². The summed E-state index contributed by atoms with van der Waals surface area (Å²) in [5.74, 6) is -0.348. The zero-order valence-corrected chi connectivity index (χ0v) is 14.9. The maximum atomic E-state index is 13.2. The van der Waals surface area contributed by atoms with Gasteiger partial charge in [0.15, 0.2) is 21.4 Å². The molecule has 0 aliphatic carbocycles. The molecule has 0 fully saturated rings. The van der Waals surface area contributed by atoms with Gasteiger partial charge in [-0.05, 0) is 24.3 Å². The molecule has 12 heteroatoms. The maximum absolute atomic E-state index is 13.2. The van der Waals surface area contributed by atoms with Gasteiger partial charge < -0.3 is 0 Å². The molecule has 3 aromatic rings. The lowest BCUT2D eigenvalue weighted by molar-refractivity contribution is -0.384. The maximum Gasteiger partial charge on any atom is 0.434 e. The molecule has 0 N–H and O–H groups in total. The number of benzene rings is 1. The molecular formula is C16H11F3N4O4S. The molecule has 0 aliphatic heterocycles. The van der Waals surface area contributed by atoms with E-state index in [1.54, 1.807) is 0 Å². The highest BCUT2D eigenvalue weighted by Gasteiger charge is 2.36. The number of nitro groups is 1. The Morgan fingerprint density at radius 3 is 2.32 bits per heavy atom. The summed E-state index contributed by atoms with van der Waals surface area (Å²) in [4.78, 5) is 17.7. The van der Waals surface area contributed by atoms with Gasteiger partial charge in [0.25, 0.3) is 5.69 Å². The predicted octanol–water partition coefficient (Wildman–Crippen LogP) is 3.26. The van der Waals surface area contributed by atoms with Crippen molar-refractivity contribution in [3.8, 4) is 17.1 Å². The lowest BCUT2D eigenvalue weighted by Crippen LogP contribution is -2.05. The first-order valence-corrected chi connectivity index (χ1v) is 9.43. The summed E-state index contributed by atoms with van der Waals surface area (Å²) in [5.41, 5.74) is -1.80.